The van der Waals surface area contributed by atoms with E-state index in [9.17, 15) is 4.79 Å². The third kappa shape index (κ3) is 3.74. The highest BCUT2D eigenvalue weighted by molar-refractivity contribution is 5.81. The molecule has 0 bridgehead atoms. The number of ether oxygens (including phenoxy) is 2. The first-order chi connectivity index (χ1) is 10.2. The normalized spacial score (nSPS) is 18.3. The van der Waals surface area contributed by atoms with Gasteiger partial charge in [-0.15, -0.1) is 0 Å². The van der Waals surface area contributed by atoms with Gasteiger partial charge in [0.05, 0.1) is 13.7 Å². The molecule has 1 aliphatic heterocycles. The minimum Gasteiger partial charge on any atom is -0.496 e. The van der Waals surface area contributed by atoms with E-state index >= 15 is 0 Å². The molecule has 1 atom stereocenters. The van der Waals surface area contributed by atoms with Gasteiger partial charge in [0.15, 0.2) is 0 Å². The highest BCUT2D eigenvalue weighted by atomic mass is 16.5. The zero-order valence-electron chi connectivity index (χ0n) is 13.0. The largest absolute Gasteiger partial charge is 0.496 e. The first-order valence-corrected chi connectivity index (χ1v) is 7.42. The predicted molar refractivity (Wildman–Crippen MR) is 81.3 cm³/mol. The molecule has 5 nitrogen and oxygen atoms in total. The van der Waals surface area contributed by atoms with Crippen LogP contribution in [0.4, 0.5) is 0 Å². The van der Waals surface area contributed by atoms with Crippen molar-refractivity contribution in [2.75, 3.05) is 33.4 Å². The van der Waals surface area contributed by atoms with E-state index in [2.05, 4.69) is 11.4 Å². The Morgan fingerprint density at radius 2 is 2.24 bits per heavy atom. The summed E-state index contributed by atoms with van der Waals surface area (Å²) in [5.41, 5.74) is 2.17. The van der Waals surface area contributed by atoms with E-state index in [1.807, 2.05) is 30.9 Å². The first-order valence-electron chi connectivity index (χ1n) is 7.42. The van der Waals surface area contributed by atoms with E-state index in [1.165, 1.54) is 0 Å². The zero-order valence-corrected chi connectivity index (χ0v) is 13.0. The van der Waals surface area contributed by atoms with E-state index in [-0.39, 0.29) is 12.1 Å². The van der Waals surface area contributed by atoms with Crippen LogP contribution in [0.3, 0.4) is 0 Å². The summed E-state index contributed by atoms with van der Waals surface area (Å²) in [4.78, 5) is 13.9. The van der Waals surface area contributed by atoms with Crippen LogP contribution >= 0.6 is 0 Å². The Kier molecular flexibility index (Phi) is 5.59. The molecule has 0 saturated carbocycles. The SMILES string of the molecule is CCOCCCN1C(=O)CNC1c1ccc(OC)c(C)c1. The lowest BCUT2D eigenvalue weighted by Crippen LogP contribution is -2.31. The zero-order chi connectivity index (χ0) is 15.2. The third-order valence-electron chi connectivity index (χ3n) is 3.71. The lowest BCUT2D eigenvalue weighted by Gasteiger charge is -2.25. The average Bonchev–Trinajstić information content (AvgIpc) is 2.85. The van der Waals surface area contributed by atoms with Gasteiger partial charge in [0.25, 0.3) is 0 Å². The predicted octanol–water partition coefficient (Wildman–Crippen LogP) is 1.86. The number of amides is 1. The van der Waals surface area contributed by atoms with Crippen molar-refractivity contribution in [3.63, 3.8) is 0 Å². The summed E-state index contributed by atoms with van der Waals surface area (Å²) < 4.78 is 10.6. The van der Waals surface area contributed by atoms with Crippen LogP contribution < -0.4 is 10.1 Å². The van der Waals surface area contributed by atoms with Crippen LogP contribution in [-0.2, 0) is 9.53 Å². The molecule has 0 aromatic heterocycles. The van der Waals surface area contributed by atoms with Crippen LogP contribution in [0.5, 0.6) is 5.75 Å². The van der Waals surface area contributed by atoms with Crippen molar-refractivity contribution in [1.29, 1.82) is 0 Å². The van der Waals surface area contributed by atoms with Crippen LogP contribution in [0.1, 0.15) is 30.6 Å². The molecule has 1 aromatic carbocycles. The minimum atomic E-state index is -0.0521. The fourth-order valence-electron chi connectivity index (χ4n) is 2.64. The number of benzene rings is 1. The van der Waals surface area contributed by atoms with Crippen molar-refractivity contribution in [3.05, 3.63) is 29.3 Å². The molecule has 21 heavy (non-hydrogen) atoms. The highest BCUT2D eigenvalue weighted by Gasteiger charge is 2.31. The molecule has 1 saturated heterocycles. The molecular formula is C16H24N2O3. The quantitative estimate of drug-likeness (QED) is 0.779. The van der Waals surface area contributed by atoms with Crippen molar-refractivity contribution in [3.8, 4) is 5.75 Å². The summed E-state index contributed by atoms with van der Waals surface area (Å²) in [6, 6.07) is 6.04. The minimum absolute atomic E-state index is 0.0521. The molecule has 5 heteroatoms. The number of nitrogens with zero attached hydrogens (tertiary/aromatic N) is 1. The number of nitrogens with one attached hydrogen (secondary N) is 1. The summed E-state index contributed by atoms with van der Waals surface area (Å²) in [5.74, 6) is 1.01. The Labute approximate surface area is 126 Å². The summed E-state index contributed by atoms with van der Waals surface area (Å²) in [5, 5.41) is 3.27. The maximum Gasteiger partial charge on any atom is 0.238 e. The molecule has 2 rings (SSSR count). The molecule has 0 aliphatic carbocycles. The molecule has 1 aliphatic rings. The maximum absolute atomic E-state index is 12.0. The van der Waals surface area contributed by atoms with Gasteiger partial charge in [-0.2, -0.15) is 0 Å². The van der Waals surface area contributed by atoms with Crippen molar-refractivity contribution in [1.82, 2.24) is 10.2 Å². The summed E-state index contributed by atoms with van der Waals surface area (Å²) >= 11 is 0. The van der Waals surface area contributed by atoms with Crippen LogP contribution in [0, 0.1) is 6.92 Å². The molecule has 0 radical (unpaired) electrons. The van der Waals surface area contributed by atoms with Crippen LogP contribution in [0.2, 0.25) is 0 Å². The summed E-state index contributed by atoms with van der Waals surface area (Å²) in [6.45, 7) is 6.50. The molecule has 1 aromatic rings. The van der Waals surface area contributed by atoms with E-state index in [0.717, 1.165) is 23.3 Å². The summed E-state index contributed by atoms with van der Waals surface area (Å²) in [7, 11) is 1.67. The number of hydrogen-bond acceptors (Lipinski definition) is 4. The lowest BCUT2D eigenvalue weighted by molar-refractivity contribution is -0.128. The van der Waals surface area contributed by atoms with Gasteiger partial charge in [-0.05, 0) is 43.5 Å². The molecule has 1 fully saturated rings. The van der Waals surface area contributed by atoms with Gasteiger partial charge in [0.1, 0.15) is 11.9 Å². The highest BCUT2D eigenvalue weighted by Crippen LogP contribution is 2.27. The van der Waals surface area contributed by atoms with E-state index < -0.39 is 0 Å². The fraction of sp³-hybridized carbons (Fsp3) is 0.562. The number of aryl methyl sites for hydroxylation is 1. The summed E-state index contributed by atoms with van der Waals surface area (Å²) in [6.07, 6.45) is 0.802. The Balaban J connectivity index is 2.06. The Hall–Kier alpha value is -1.59. The van der Waals surface area contributed by atoms with E-state index in [4.69, 9.17) is 9.47 Å². The second-order valence-corrected chi connectivity index (χ2v) is 5.15. The topological polar surface area (TPSA) is 50.8 Å². The Bertz CT molecular complexity index is 490. The molecule has 116 valence electrons. The van der Waals surface area contributed by atoms with Crippen LogP contribution in [0.15, 0.2) is 18.2 Å². The van der Waals surface area contributed by atoms with Gasteiger partial charge in [-0.1, -0.05) is 6.07 Å². The molecule has 1 amide bonds. The van der Waals surface area contributed by atoms with Gasteiger partial charge in [0.2, 0.25) is 5.91 Å². The van der Waals surface area contributed by atoms with E-state index in [1.54, 1.807) is 7.11 Å². The van der Waals surface area contributed by atoms with Gasteiger partial charge in [-0.25, -0.2) is 0 Å². The van der Waals surface area contributed by atoms with Crippen molar-refractivity contribution in [2.24, 2.45) is 0 Å². The number of carbonyl (C=O) groups excluding carboxylic acids is 1. The Morgan fingerprint density at radius 3 is 2.90 bits per heavy atom. The number of hydrogen-bond donors (Lipinski definition) is 1. The van der Waals surface area contributed by atoms with Gasteiger partial charge in [0, 0.05) is 19.8 Å². The van der Waals surface area contributed by atoms with Crippen molar-refractivity contribution in [2.45, 2.75) is 26.4 Å². The second-order valence-electron chi connectivity index (χ2n) is 5.15. The van der Waals surface area contributed by atoms with Gasteiger partial charge < -0.3 is 14.4 Å². The van der Waals surface area contributed by atoms with Crippen molar-refractivity contribution >= 4 is 5.91 Å². The van der Waals surface area contributed by atoms with Gasteiger partial charge >= 0.3 is 0 Å². The number of carbonyl (C=O) groups is 1. The average molecular weight is 292 g/mol. The molecule has 1 N–H and O–H groups in total. The van der Waals surface area contributed by atoms with Crippen molar-refractivity contribution < 1.29 is 14.3 Å². The fourth-order valence-corrected chi connectivity index (χ4v) is 2.64. The number of rotatable bonds is 7. The van der Waals surface area contributed by atoms with Gasteiger partial charge in [-0.3, -0.25) is 10.1 Å². The molecule has 0 spiro atoms. The van der Waals surface area contributed by atoms with Crippen LogP contribution in [0.25, 0.3) is 0 Å². The molecule has 1 heterocycles. The Morgan fingerprint density at radius 1 is 1.43 bits per heavy atom. The number of methoxy groups -OCH3 is 1. The second kappa shape index (κ2) is 7.43. The standard InChI is InChI=1S/C16H24N2O3/c1-4-21-9-5-8-18-15(19)11-17-16(18)13-6-7-14(20-3)12(2)10-13/h6-7,10,16-17H,4-5,8-9,11H2,1-3H3. The first kappa shape index (κ1) is 15.8. The van der Waals surface area contributed by atoms with Crippen LogP contribution in [-0.4, -0.2) is 44.2 Å². The van der Waals surface area contributed by atoms with E-state index in [0.29, 0.717) is 26.3 Å². The lowest BCUT2D eigenvalue weighted by atomic mass is 10.1. The maximum atomic E-state index is 12.0. The third-order valence-corrected chi connectivity index (χ3v) is 3.71. The molecular weight excluding hydrogens is 268 g/mol. The molecule has 1 unspecified atom stereocenters. The smallest absolute Gasteiger partial charge is 0.238 e. The monoisotopic (exact) mass is 292 g/mol.